The predicted molar refractivity (Wildman–Crippen MR) is 71.2 cm³/mol. The topological polar surface area (TPSA) is 81.8 Å². The van der Waals surface area contributed by atoms with Crippen LogP contribution >= 0.6 is 0 Å². The van der Waals surface area contributed by atoms with Gasteiger partial charge in [0, 0.05) is 6.07 Å². The van der Waals surface area contributed by atoms with Gasteiger partial charge in [0.15, 0.2) is 23.0 Å². The molecule has 20 heavy (non-hydrogen) atoms. The Morgan fingerprint density at radius 3 is 2.70 bits per heavy atom. The van der Waals surface area contributed by atoms with Crippen LogP contribution in [0.25, 0.3) is 11.3 Å². The maximum absolute atomic E-state index is 10.9. The zero-order valence-corrected chi connectivity index (χ0v) is 11.4. The molecule has 0 radical (unpaired) electrons. The summed E-state index contributed by atoms with van der Waals surface area (Å²) in [5, 5.41) is 12.4. The van der Waals surface area contributed by atoms with Gasteiger partial charge in [0.2, 0.25) is 0 Å². The SMILES string of the molecule is COc1cccc(-c2cc(C(=O)O)no2)c1OC(C)C. The van der Waals surface area contributed by atoms with Gasteiger partial charge in [-0.15, -0.1) is 0 Å². The van der Waals surface area contributed by atoms with Crippen LogP contribution < -0.4 is 9.47 Å². The Balaban J connectivity index is 2.51. The number of carboxylic acids is 1. The van der Waals surface area contributed by atoms with Crippen molar-refractivity contribution in [3.8, 4) is 22.8 Å². The van der Waals surface area contributed by atoms with Crippen molar-refractivity contribution in [2.75, 3.05) is 7.11 Å². The van der Waals surface area contributed by atoms with E-state index in [9.17, 15) is 4.79 Å². The number of carboxylic acid groups (broad SMARTS) is 1. The Morgan fingerprint density at radius 2 is 2.15 bits per heavy atom. The Labute approximate surface area is 115 Å². The number of aromatic nitrogens is 1. The Bertz CT molecular complexity index is 618. The molecule has 0 spiro atoms. The molecule has 0 bridgehead atoms. The van der Waals surface area contributed by atoms with Gasteiger partial charge in [0.25, 0.3) is 0 Å². The van der Waals surface area contributed by atoms with Crippen LogP contribution in [-0.4, -0.2) is 29.4 Å². The summed E-state index contributed by atoms with van der Waals surface area (Å²) >= 11 is 0. The smallest absolute Gasteiger partial charge is 0.358 e. The first kappa shape index (κ1) is 13.9. The first-order valence-corrected chi connectivity index (χ1v) is 6.07. The summed E-state index contributed by atoms with van der Waals surface area (Å²) in [6.07, 6.45) is -0.0630. The summed E-state index contributed by atoms with van der Waals surface area (Å²) in [6.45, 7) is 3.78. The van der Waals surface area contributed by atoms with Crippen molar-refractivity contribution in [2.24, 2.45) is 0 Å². The molecule has 6 heteroatoms. The van der Waals surface area contributed by atoms with Crippen molar-refractivity contribution in [3.05, 3.63) is 30.0 Å². The van der Waals surface area contributed by atoms with Crippen molar-refractivity contribution in [3.63, 3.8) is 0 Å². The molecule has 2 aromatic rings. The highest BCUT2D eigenvalue weighted by atomic mass is 16.5. The molecular weight excluding hydrogens is 262 g/mol. The van der Waals surface area contributed by atoms with Crippen LogP contribution in [0, 0.1) is 0 Å². The lowest BCUT2D eigenvalue weighted by molar-refractivity contribution is 0.0686. The molecule has 0 aliphatic heterocycles. The summed E-state index contributed by atoms with van der Waals surface area (Å²) in [5.74, 6) is 0.216. The minimum Gasteiger partial charge on any atom is -0.493 e. The van der Waals surface area contributed by atoms with E-state index in [0.29, 0.717) is 22.8 Å². The largest absolute Gasteiger partial charge is 0.493 e. The maximum Gasteiger partial charge on any atom is 0.358 e. The minimum absolute atomic E-state index is 0.0630. The Kier molecular flexibility index (Phi) is 3.93. The van der Waals surface area contributed by atoms with Crippen molar-refractivity contribution in [1.82, 2.24) is 5.16 Å². The minimum atomic E-state index is -1.14. The van der Waals surface area contributed by atoms with Gasteiger partial charge in [-0.25, -0.2) is 4.79 Å². The van der Waals surface area contributed by atoms with E-state index < -0.39 is 5.97 Å². The van der Waals surface area contributed by atoms with E-state index >= 15 is 0 Å². The molecule has 0 amide bonds. The number of ether oxygens (including phenoxy) is 2. The van der Waals surface area contributed by atoms with E-state index in [-0.39, 0.29) is 11.8 Å². The Hall–Kier alpha value is -2.50. The lowest BCUT2D eigenvalue weighted by atomic mass is 10.1. The standard InChI is InChI=1S/C14H15NO5/c1-8(2)19-13-9(5-4-6-11(13)18-3)12-7-10(14(16)17)15-20-12/h4-8H,1-3H3,(H,16,17). The molecule has 6 nitrogen and oxygen atoms in total. The van der Waals surface area contributed by atoms with Gasteiger partial charge in [-0.05, 0) is 26.0 Å². The number of hydrogen-bond acceptors (Lipinski definition) is 5. The molecule has 0 saturated heterocycles. The van der Waals surface area contributed by atoms with Crippen LogP contribution in [-0.2, 0) is 0 Å². The van der Waals surface area contributed by atoms with Crippen LogP contribution in [0.2, 0.25) is 0 Å². The van der Waals surface area contributed by atoms with Crippen LogP contribution in [0.5, 0.6) is 11.5 Å². The monoisotopic (exact) mass is 277 g/mol. The lowest BCUT2D eigenvalue weighted by Gasteiger charge is -2.15. The highest BCUT2D eigenvalue weighted by molar-refractivity contribution is 5.87. The first-order chi connectivity index (χ1) is 9.52. The molecule has 106 valence electrons. The summed E-state index contributed by atoms with van der Waals surface area (Å²) in [6, 6.07) is 6.64. The van der Waals surface area contributed by atoms with E-state index in [2.05, 4.69) is 5.16 Å². The van der Waals surface area contributed by atoms with Gasteiger partial charge < -0.3 is 19.1 Å². The lowest BCUT2D eigenvalue weighted by Crippen LogP contribution is -2.07. The van der Waals surface area contributed by atoms with Gasteiger partial charge in [0.05, 0.1) is 18.8 Å². The summed E-state index contributed by atoms with van der Waals surface area (Å²) < 4.78 is 16.1. The molecule has 0 unspecified atom stereocenters. The molecule has 1 aromatic heterocycles. The quantitative estimate of drug-likeness (QED) is 0.905. The van der Waals surface area contributed by atoms with Crippen LogP contribution in [0.3, 0.4) is 0 Å². The number of carbonyl (C=O) groups is 1. The zero-order chi connectivity index (χ0) is 14.7. The third kappa shape index (κ3) is 2.74. The molecule has 0 aliphatic rings. The number of methoxy groups -OCH3 is 1. The predicted octanol–water partition coefficient (Wildman–Crippen LogP) is 2.84. The van der Waals surface area contributed by atoms with Gasteiger partial charge >= 0.3 is 5.97 Å². The molecule has 2 rings (SSSR count). The maximum atomic E-state index is 10.9. The molecule has 1 heterocycles. The Morgan fingerprint density at radius 1 is 1.40 bits per heavy atom. The van der Waals surface area contributed by atoms with Crippen LogP contribution in [0.4, 0.5) is 0 Å². The van der Waals surface area contributed by atoms with Gasteiger partial charge in [-0.3, -0.25) is 0 Å². The third-order valence-corrected chi connectivity index (χ3v) is 2.55. The molecule has 0 atom stereocenters. The summed E-state index contributed by atoms with van der Waals surface area (Å²) in [7, 11) is 1.54. The number of nitrogens with zero attached hydrogens (tertiary/aromatic N) is 1. The number of para-hydroxylation sites is 1. The fourth-order valence-corrected chi connectivity index (χ4v) is 1.73. The normalized spacial score (nSPS) is 10.6. The van der Waals surface area contributed by atoms with Crippen LogP contribution in [0.1, 0.15) is 24.3 Å². The first-order valence-electron chi connectivity index (χ1n) is 6.07. The zero-order valence-electron chi connectivity index (χ0n) is 11.4. The van der Waals surface area contributed by atoms with Crippen molar-refractivity contribution >= 4 is 5.97 Å². The molecule has 0 aliphatic carbocycles. The van der Waals surface area contributed by atoms with Gasteiger partial charge in [0.1, 0.15) is 0 Å². The van der Waals surface area contributed by atoms with E-state index in [4.69, 9.17) is 19.1 Å². The summed E-state index contributed by atoms with van der Waals surface area (Å²) in [4.78, 5) is 10.9. The highest BCUT2D eigenvalue weighted by Gasteiger charge is 2.19. The van der Waals surface area contributed by atoms with E-state index in [1.165, 1.54) is 13.2 Å². The fraction of sp³-hybridized carbons (Fsp3) is 0.286. The third-order valence-electron chi connectivity index (χ3n) is 2.55. The van der Waals surface area contributed by atoms with E-state index in [1.807, 2.05) is 13.8 Å². The van der Waals surface area contributed by atoms with Gasteiger partial charge in [-0.2, -0.15) is 0 Å². The second-order valence-electron chi connectivity index (χ2n) is 4.39. The average molecular weight is 277 g/mol. The number of hydrogen-bond donors (Lipinski definition) is 1. The van der Waals surface area contributed by atoms with E-state index in [0.717, 1.165) is 0 Å². The van der Waals surface area contributed by atoms with Crippen molar-refractivity contribution in [2.45, 2.75) is 20.0 Å². The highest BCUT2D eigenvalue weighted by Crippen LogP contribution is 2.38. The van der Waals surface area contributed by atoms with Crippen molar-refractivity contribution in [1.29, 1.82) is 0 Å². The van der Waals surface area contributed by atoms with Crippen LogP contribution in [0.15, 0.2) is 28.8 Å². The second kappa shape index (κ2) is 5.64. The average Bonchev–Trinajstić information content (AvgIpc) is 2.88. The molecule has 0 saturated carbocycles. The number of benzene rings is 1. The molecule has 0 fully saturated rings. The number of rotatable bonds is 5. The van der Waals surface area contributed by atoms with E-state index in [1.54, 1.807) is 18.2 Å². The molecule has 1 N–H and O–H groups in total. The molecule has 1 aromatic carbocycles. The number of aromatic carboxylic acids is 1. The summed E-state index contributed by atoms with van der Waals surface area (Å²) in [5.41, 5.74) is 0.441. The molecular formula is C14H15NO5. The van der Waals surface area contributed by atoms with Crippen molar-refractivity contribution < 1.29 is 23.9 Å². The second-order valence-corrected chi connectivity index (χ2v) is 4.39. The fourth-order valence-electron chi connectivity index (χ4n) is 1.73. The van der Waals surface area contributed by atoms with Gasteiger partial charge in [-0.1, -0.05) is 11.2 Å².